The van der Waals surface area contributed by atoms with Crippen molar-refractivity contribution in [2.75, 3.05) is 11.9 Å². The second-order valence-electron chi connectivity index (χ2n) is 7.86. The third-order valence-corrected chi connectivity index (χ3v) is 6.60. The van der Waals surface area contributed by atoms with Crippen LogP contribution in [-0.2, 0) is 17.8 Å². The molecule has 35 heavy (non-hydrogen) atoms. The number of thioether (sulfide) groups is 1. The number of hydrogen-bond acceptors (Lipinski definition) is 5. The summed E-state index contributed by atoms with van der Waals surface area (Å²) in [5, 5.41) is 6.60. The largest absolute Gasteiger partial charge is 0.490 e. The van der Waals surface area contributed by atoms with Crippen molar-refractivity contribution in [3.63, 3.8) is 0 Å². The van der Waals surface area contributed by atoms with Crippen LogP contribution in [0.5, 0.6) is 11.5 Å². The van der Waals surface area contributed by atoms with Crippen LogP contribution >= 0.6 is 23.4 Å². The molecular weight excluding hydrogens is 487 g/mol. The summed E-state index contributed by atoms with van der Waals surface area (Å²) < 4.78 is 25.1. The van der Waals surface area contributed by atoms with Gasteiger partial charge in [-0.3, -0.25) is 4.79 Å². The fourth-order valence-corrected chi connectivity index (χ4v) is 4.82. The molecule has 1 aliphatic rings. The molecule has 0 saturated carbocycles. The lowest BCUT2D eigenvalue weighted by Crippen LogP contribution is -2.30. The van der Waals surface area contributed by atoms with Gasteiger partial charge >= 0.3 is 0 Å². The summed E-state index contributed by atoms with van der Waals surface area (Å²) in [5.41, 5.74) is 3.29. The average molecular weight is 513 g/mol. The summed E-state index contributed by atoms with van der Waals surface area (Å²) in [6, 6.07) is 17.8. The molecule has 4 rings (SSSR count). The van der Waals surface area contributed by atoms with E-state index in [9.17, 15) is 9.18 Å². The Kier molecular flexibility index (Phi) is 8.21. The van der Waals surface area contributed by atoms with Gasteiger partial charge in [0.05, 0.1) is 16.5 Å². The van der Waals surface area contributed by atoms with Gasteiger partial charge in [-0.1, -0.05) is 54.6 Å². The molecule has 1 heterocycles. The van der Waals surface area contributed by atoms with Gasteiger partial charge in [0.1, 0.15) is 12.4 Å². The third-order valence-electron chi connectivity index (χ3n) is 5.29. The summed E-state index contributed by atoms with van der Waals surface area (Å²) in [4.78, 5) is 13.1. The van der Waals surface area contributed by atoms with E-state index in [1.807, 2.05) is 19.1 Å². The molecule has 8 heteroatoms. The molecule has 1 saturated heterocycles. The van der Waals surface area contributed by atoms with Crippen LogP contribution in [0.15, 0.2) is 65.6 Å². The Balaban J connectivity index is 1.49. The van der Waals surface area contributed by atoms with E-state index in [2.05, 4.69) is 29.7 Å². The second-order valence-corrected chi connectivity index (χ2v) is 9.41. The monoisotopic (exact) mass is 512 g/mol. The first kappa shape index (κ1) is 24.9. The third kappa shape index (κ3) is 6.50. The van der Waals surface area contributed by atoms with E-state index in [4.69, 9.17) is 21.1 Å². The SMILES string of the molecule is CCOc1cc(/C=C2\S[C@H](Nc3ccc(CC)cc3)NC2=O)cc(Cl)c1OCc1cccc(F)c1. The summed E-state index contributed by atoms with van der Waals surface area (Å²) in [6.45, 7) is 4.52. The van der Waals surface area contributed by atoms with Gasteiger partial charge in [-0.2, -0.15) is 0 Å². The molecule has 2 N–H and O–H groups in total. The van der Waals surface area contributed by atoms with Crippen LogP contribution in [0.1, 0.15) is 30.5 Å². The zero-order chi connectivity index (χ0) is 24.8. The molecule has 1 atom stereocenters. The van der Waals surface area contributed by atoms with E-state index < -0.39 is 0 Å². The van der Waals surface area contributed by atoms with Crippen molar-refractivity contribution in [2.24, 2.45) is 0 Å². The van der Waals surface area contributed by atoms with E-state index in [1.54, 1.807) is 30.3 Å². The quantitative estimate of drug-likeness (QED) is 0.315. The minimum atomic E-state index is -0.331. The lowest BCUT2D eigenvalue weighted by Gasteiger charge is -2.15. The summed E-state index contributed by atoms with van der Waals surface area (Å²) in [6.07, 6.45) is 2.75. The molecular formula is C27H26ClFN2O3S. The standard InChI is InChI=1S/C27H26ClFN2O3S/c1-3-17-8-10-21(11-9-17)30-27-31-26(32)24(35-27)15-19-13-22(28)25(23(14-19)33-4-2)34-16-18-6-5-7-20(29)12-18/h5-15,27,30H,3-4,16H2,1-2H3,(H,31,32)/b24-15-/t27-/m1/s1. The number of amides is 1. The molecule has 182 valence electrons. The number of ether oxygens (including phenoxy) is 2. The highest BCUT2D eigenvalue weighted by Crippen LogP contribution is 2.39. The van der Waals surface area contributed by atoms with Gasteiger partial charge in [-0.15, -0.1) is 0 Å². The molecule has 0 unspecified atom stereocenters. The van der Waals surface area contributed by atoms with Crippen LogP contribution < -0.4 is 20.1 Å². The molecule has 3 aromatic rings. The predicted octanol–water partition coefficient (Wildman–Crippen LogP) is 6.62. The van der Waals surface area contributed by atoms with Crippen LogP contribution in [0.25, 0.3) is 6.08 Å². The number of carbonyl (C=O) groups excluding carboxylic acids is 1. The van der Waals surface area contributed by atoms with Gasteiger partial charge in [0, 0.05) is 5.69 Å². The molecule has 1 aliphatic heterocycles. The molecule has 0 bridgehead atoms. The van der Waals surface area contributed by atoms with Crippen LogP contribution in [0.2, 0.25) is 5.02 Å². The smallest absolute Gasteiger partial charge is 0.260 e. The maximum absolute atomic E-state index is 13.5. The molecule has 0 spiro atoms. The fraction of sp³-hybridized carbons (Fsp3) is 0.222. The van der Waals surface area contributed by atoms with Gasteiger partial charge in [0.25, 0.3) is 5.91 Å². The van der Waals surface area contributed by atoms with Crippen molar-refractivity contribution < 1.29 is 18.7 Å². The van der Waals surface area contributed by atoms with Crippen molar-refractivity contribution in [3.05, 3.63) is 93.1 Å². The van der Waals surface area contributed by atoms with Gasteiger partial charge < -0.3 is 20.1 Å². The van der Waals surface area contributed by atoms with E-state index in [1.165, 1.54) is 29.5 Å². The Morgan fingerprint density at radius 3 is 2.60 bits per heavy atom. The van der Waals surface area contributed by atoms with Gasteiger partial charge in [0.15, 0.2) is 17.0 Å². The highest BCUT2D eigenvalue weighted by atomic mass is 35.5. The first-order chi connectivity index (χ1) is 16.9. The van der Waals surface area contributed by atoms with Crippen molar-refractivity contribution in [1.29, 1.82) is 0 Å². The second kappa shape index (κ2) is 11.5. The maximum Gasteiger partial charge on any atom is 0.260 e. The number of benzene rings is 3. The highest BCUT2D eigenvalue weighted by Gasteiger charge is 2.27. The zero-order valence-electron chi connectivity index (χ0n) is 19.4. The van der Waals surface area contributed by atoms with Crippen LogP contribution in [0, 0.1) is 5.82 Å². The molecule has 5 nitrogen and oxygen atoms in total. The Morgan fingerprint density at radius 2 is 1.89 bits per heavy atom. The van der Waals surface area contributed by atoms with Crippen LogP contribution in [0.3, 0.4) is 0 Å². The minimum Gasteiger partial charge on any atom is -0.490 e. The topological polar surface area (TPSA) is 59.6 Å². The highest BCUT2D eigenvalue weighted by molar-refractivity contribution is 8.05. The van der Waals surface area contributed by atoms with E-state index in [0.717, 1.165) is 12.1 Å². The van der Waals surface area contributed by atoms with Crippen LogP contribution in [0.4, 0.5) is 10.1 Å². The minimum absolute atomic E-state index is 0.142. The average Bonchev–Trinajstić information content (AvgIpc) is 3.17. The summed E-state index contributed by atoms with van der Waals surface area (Å²) in [5.74, 6) is 0.330. The molecule has 0 radical (unpaired) electrons. The van der Waals surface area contributed by atoms with Crippen molar-refractivity contribution in [2.45, 2.75) is 32.4 Å². The predicted molar refractivity (Wildman–Crippen MR) is 140 cm³/mol. The first-order valence-corrected chi connectivity index (χ1v) is 12.6. The number of nitrogens with one attached hydrogen (secondary N) is 2. The van der Waals surface area contributed by atoms with Crippen molar-refractivity contribution in [3.8, 4) is 11.5 Å². The Bertz CT molecular complexity index is 1230. The molecule has 1 amide bonds. The zero-order valence-corrected chi connectivity index (χ0v) is 21.0. The number of aryl methyl sites for hydroxylation is 1. The Hall–Kier alpha value is -3.16. The summed E-state index contributed by atoms with van der Waals surface area (Å²) >= 11 is 7.92. The lowest BCUT2D eigenvalue weighted by molar-refractivity contribution is -0.116. The lowest BCUT2D eigenvalue weighted by atomic mass is 10.1. The van der Waals surface area contributed by atoms with Gasteiger partial charge in [0.2, 0.25) is 0 Å². The number of hydrogen-bond donors (Lipinski definition) is 2. The Labute approximate surface area is 213 Å². The molecule has 1 fully saturated rings. The molecule has 0 aromatic heterocycles. The van der Waals surface area contributed by atoms with Gasteiger partial charge in [-0.25, -0.2) is 4.39 Å². The maximum atomic E-state index is 13.5. The summed E-state index contributed by atoms with van der Waals surface area (Å²) in [7, 11) is 0. The Morgan fingerprint density at radius 1 is 1.09 bits per heavy atom. The van der Waals surface area contributed by atoms with E-state index >= 15 is 0 Å². The molecule has 0 aliphatic carbocycles. The number of rotatable bonds is 9. The number of halogens is 2. The molecule has 3 aromatic carbocycles. The van der Waals surface area contributed by atoms with Crippen LogP contribution in [-0.4, -0.2) is 18.0 Å². The number of anilines is 1. The number of carbonyl (C=O) groups is 1. The van der Waals surface area contributed by atoms with E-state index in [-0.39, 0.29) is 23.8 Å². The first-order valence-electron chi connectivity index (χ1n) is 11.3. The van der Waals surface area contributed by atoms with Gasteiger partial charge in [-0.05, 0) is 72.5 Å². The van der Waals surface area contributed by atoms with Crippen molar-refractivity contribution >= 4 is 41.0 Å². The van der Waals surface area contributed by atoms with E-state index in [0.29, 0.717) is 39.2 Å². The van der Waals surface area contributed by atoms with Crippen molar-refractivity contribution in [1.82, 2.24) is 5.32 Å². The normalized spacial score (nSPS) is 16.3. The fourth-order valence-electron chi connectivity index (χ4n) is 3.56.